The van der Waals surface area contributed by atoms with Gasteiger partial charge in [-0.2, -0.15) is 9.61 Å². The average molecular weight is 332 g/mol. The number of aromatic nitrogens is 3. The molecule has 1 aliphatic rings. The first-order valence-electron chi connectivity index (χ1n) is 8.86. The van der Waals surface area contributed by atoms with E-state index in [1.165, 1.54) is 5.56 Å². The smallest absolute Gasteiger partial charge is 0.157 e. The lowest BCUT2D eigenvalue weighted by Crippen LogP contribution is -2.24. The minimum absolute atomic E-state index is 0.209. The fourth-order valence-corrected chi connectivity index (χ4v) is 3.46. The van der Waals surface area contributed by atoms with Gasteiger partial charge in [0.1, 0.15) is 5.82 Å². The van der Waals surface area contributed by atoms with Gasteiger partial charge in [-0.15, -0.1) is 0 Å². The van der Waals surface area contributed by atoms with E-state index in [0.29, 0.717) is 12.5 Å². The third-order valence-corrected chi connectivity index (χ3v) is 4.72. The zero-order chi connectivity index (χ0) is 17.1. The van der Waals surface area contributed by atoms with E-state index in [4.69, 9.17) is 19.6 Å². The number of methoxy groups -OCH3 is 1. The summed E-state index contributed by atoms with van der Waals surface area (Å²) >= 11 is 0. The van der Waals surface area contributed by atoms with Crippen LogP contribution in [0.4, 0.5) is 5.82 Å². The average Bonchev–Trinajstić information content (AvgIpc) is 3.00. The van der Waals surface area contributed by atoms with Crippen molar-refractivity contribution in [2.75, 3.05) is 32.2 Å². The van der Waals surface area contributed by atoms with Crippen LogP contribution in [0.3, 0.4) is 0 Å². The van der Waals surface area contributed by atoms with Gasteiger partial charge in [-0.3, -0.25) is 0 Å². The molecule has 0 saturated carbocycles. The highest BCUT2D eigenvalue weighted by Gasteiger charge is 2.22. The summed E-state index contributed by atoms with van der Waals surface area (Å²) in [5.41, 5.74) is 4.32. The molecule has 0 amide bonds. The monoisotopic (exact) mass is 332 g/mol. The summed E-state index contributed by atoms with van der Waals surface area (Å²) in [5.74, 6) is 1.51. The van der Waals surface area contributed by atoms with Gasteiger partial charge in [-0.05, 0) is 33.1 Å². The summed E-state index contributed by atoms with van der Waals surface area (Å²) in [4.78, 5) is 4.77. The molecule has 3 heterocycles. The zero-order valence-electron chi connectivity index (χ0n) is 15.1. The molecule has 0 unspecified atom stereocenters. The predicted molar refractivity (Wildman–Crippen MR) is 94.9 cm³/mol. The molecule has 6 heteroatoms. The summed E-state index contributed by atoms with van der Waals surface area (Å²) in [5, 5.41) is 8.47. The van der Waals surface area contributed by atoms with Gasteiger partial charge in [0.25, 0.3) is 0 Å². The van der Waals surface area contributed by atoms with Crippen LogP contribution in [0.5, 0.6) is 0 Å². The van der Waals surface area contributed by atoms with Gasteiger partial charge in [0, 0.05) is 49.6 Å². The maximum Gasteiger partial charge on any atom is 0.157 e. The third kappa shape index (κ3) is 3.39. The minimum Gasteiger partial charge on any atom is -0.383 e. The Kier molecular flexibility index (Phi) is 5.36. The van der Waals surface area contributed by atoms with E-state index in [1.54, 1.807) is 7.11 Å². The highest BCUT2D eigenvalue weighted by molar-refractivity contribution is 5.56. The summed E-state index contributed by atoms with van der Waals surface area (Å²) < 4.78 is 12.7. The minimum atomic E-state index is 0.209. The Morgan fingerprint density at radius 2 is 2.17 bits per heavy atom. The molecule has 1 saturated heterocycles. The largest absolute Gasteiger partial charge is 0.383 e. The molecule has 1 atom stereocenters. The van der Waals surface area contributed by atoms with E-state index in [9.17, 15) is 0 Å². The molecule has 1 fully saturated rings. The molecule has 0 aromatic carbocycles. The molecule has 0 radical (unpaired) electrons. The maximum absolute atomic E-state index is 5.48. The van der Waals surface area contributed by atoms with Gasteiger partial charge in [-0.1, -0.05) is 6.92 Å². The van der Waals surface area contributed by atoms with Crippen LogP contribution in [0.2, 0.25) is 0 Å². The third-order valence-electron chi connectivity index (χ3n) is 4.72. The van der Waals surface area contributed by atoms with Gasteiger partial charge in [-0.25, -0.2) is 4.98 Å². The molecule has 0 spiro atoms. The first-order valence-corrected chi connectivity index (χ1v) is 8.86. The van der Waals surface area contributed by atoms with Crippen LogP contribution < -0.4 is 5.32 Å². The Morgan fingerprint density at radius 3 is 2.83 bits per heavy atom. The van der Waals surface area contributed by atoms with Crippen molar-refractivity contribution in [3.63, 3.8) is 0 Å². The van der Waals surface area contributed by atoms with Crippen molar-refractivity contribution in [2.24, 2.45) is 0 Å². The second-order valence-electron chi connectivity index (χ2n) is 6.60. The van der Waals surface area contributed by atoms with Crippen LogP contribution in [-0.2, 0) is 15.9 Å². The fourth-order valence-electron chi connectivity index (χ4n) is 3.46. The number of aryl methyl sites for hydroxylation is 1. The molecule has 6 nitrogen and oxygen atoms in total. The van der Waals surface area contributed by atoms with E-state index < -0.39 is 0 Å². The SMILES string of the molecule is CCc1c(C)nc2cc(C3CCOCC3)nn2c1N[C@H](C)COC. The Balaban J connectivity index is 2.02. The van der Waals surface area contributed by atoms with Crippen molar-refractivity contribution in [1.29, 1.82) is 0 Å². The molecule has 2 aromatic heterocycles. The van der Waals surface area contributed by atoms with Crippen molar-refractivity contribution >= 4 is 11.5 Å². The molecular weight excluding hydrogens is 304 g/mol. The first kappa shape index (κ1) is 17.2. The topological polar surface area (TPSA) is 60.7 Å². The van der Waals surface area contributed by atoms with E-state index in [0.717, 1.165) is 55.3 Å². The van der Waals surface area contributed by atoms with Crippen LogP contribution in [0, 0.1) is 6.92 Å². The highest BCUT2D eigenvalue weighted by atomic mass is 16.5. The van der Waals surface area contributed by atoms with Gasteiger partial charge >= 0.3 is 0 Å². The maximum atomic E-state index is 5.48. The van der Waals surface area contributed by atoms with E-state index >= 15 is 0 Å². The quantitative estimate of drug-likeness (QED) is 0.881. The molecule has 132 valence electrons. The number of fused-ring (bicyclic) bond motifs is 1. The molecule has 3 rings (SSSR count). The standard InChI is InChI=1S/C18H28N4O2/c1-5-15-13(3)20-17-10-16(14-6-8-24-9-7-14)21-22(17)18(15)19-12(2)11-23-4/h10,12,14,19H,5-9,11H2,1-4H3/t12-/m1/s1. The summed E-state index contributed by atoms with van der Waals surface area (Å²) in [6.45, 7) is 8.65. The lowest BCUT2D eigenvalue weighted by atomic mass is 9.97. The number of anilines is 1. The van der Waals surface area contributed by atoms with Crippen LogP contribution in [0.1, 0.15) is 49.6 Å². The molecule has 24 heavy (non-hydrogen) atoms. The second-order valence-corrected chi connectivity index (χ2v) is 6.60. The summed E-state index contributed by atoms with van der Waals surface area (Å²) in [7, 11) is 1.73. The van der Waals surface area contributed by atoms with Crippen molar-refractivity contribution in [3.05, 3.63) is 23.0 Å². The number of hydrogen-bond acceptors (Lipinski definition) is 5. The van der Waals surface area contributed by atoms with Crippen molar-refractivity contribution < 1.29 is 9.47 Å². The number of hydrogen-bond donors (Lipinski definition) is 1. The Labute approximate surface area is 143 Å². The predicted octanol–water partition coefficient (Wildman–Crippen LogP) is 2.94. The van der Waals surface area contributed by atoms with Gasteiger partial charge in [0.15, 0.2) is 5.65 Å². The van der Waals surface area contributed by atoms with Gasteiger partial charge in [0.2, 0.25) is 0 Å². The van der Waals surface area contributed by atoms with Crippen LogP contribution in [-0.4, -0.2) is 47.6 Å². The Morgan fingerprint density at radius 1 is 1.42 bits per heavy atom. The van der Waals surface area contributed by atoms with Crippen LogP contribution in [0.15, 0.2) is 6.07 Å². The van der Waals surface area contributed by atoms with Crippen molar-refractivity contribution in [2.45, 2.75) is 52.0 Å². The molecule has 2 aromatic rings. The summed E-state index contributed by atoms with van der Waals surface area (Å²) in [6.07, 6.45) is 2.99. The number of nitrogens with zero attached hydrogens (tertiary/aromatic N) is 3. The molecule has 0 bridgehead atoms. The Bertz CT molecular complexity index is 692. The molecule has 1 aliphatic heterocycles. The zero-order valence-corrected chi connectivity index (χ0v) is 15.1. The summed E-state index contributed by atoms with van der Waals surface area (Å²) in [6, 6.07) is 2.34. The van der Waals surface area contributed by atoms with E-state index in [-0.39, 0.29) is 6.04 Å². The molecule has 1 N–H and O–H groups in total. The lowest BCUT2D eigenvalue weighted by molar-refractivity contribution is 0.0844. The van der Waals surface area contributed by atoms with E-state index in [2.05, 4.69) is 32.2 Å². The van der Waals surface area contributed by atoms with E-state index in [1.807, 2.05) is 4.52 Å². The number of rotatable bonds is 6. The van der Waals surface area contributed by atoms with Gasteiger partial charge < -0.3 is 14.8 Å². The number of ether oxygens (including phenoxy) is 2. The second kappa shape index (κ2) is 7.49. The van der Waals surface area contributed by atoms with Crippen LogP contribution >= 0.6 is 0 Å². The molecular formula is C18H28N4O2. The highest BCUT2D eigenvalue weighted by Crippen LogP contribution is 2.29. The van der Waals surface area contributed by atoms with Crippen molar-refractivity contribution in [3.8, 4) is 0 Å². The molecule has 0 aliphatic carbocycles. The fraction of sp³-hybridized carbons (Fsp3) is 0.667. The normalized spacial score (nSPS) is 17.3. The number of nitrogens with one attached hydrogen (secondary N) is 1. The van der Waals surface area contributed by atoms with Crippen molar-refractivity contribution in [1.82, 2.24) is 14.6 Å². The lowest BCUT2D eigenvalue weighted by Gasteiger charge is -2.20. The van der Waals surface area contributed by atoms with Crippen LogP contribution in [0.25, 0.3) is 5.65 Å². The Hall–Kier alpha value is -1.66. The van der Waals surface area contributed by atoms with Gasteiger partial charge in [0.05, 0.1) is 12.3 Å². The first-order chi connectivity index (χ1) is 11.6.